The second kappa shape index (κ2) is 4.21. The predicted molar refractivity (Wildman–Crippen MR) is 80.8 cm³/mol. The molecule has 0 fully saturated rings. The molecule has 100 valence electrons. The first-order valence-corrected chi connectivity index (χ1v) is 10.7. The van der Waals surface area contributed by atoms with Crippen molar-refractivity contribution in [3.05, 3.63) is 35.4 Å². The Hall–Kier alpha value is -0.603. The highest BCUT2D eigenvalue weighted by molar-refractivity contribution is 6.76. The molecule has 0 heterocycles. The van der Waals surface area contributed by atoms with Crippen molar-refractivity contribution in [2.75, 3.05) is 0 Å². The smallest absolute Gasteiger partial charge is 0.0905 e. The van der Waals surface area contributed by atoms with Gasteiger partial charge in [-0.1, -0.05) is 57.8 Å². The quantitative estimate of drug-likeness (QED) is 0.806. The number of aliphatic hydroxyl groups is 1. The molecule has 0 aromatic heterocycles. The first-order chi connectivity index (χ1) is 8.20. The summed E-state index contributed by atoms with van der Waals surface area (Å²) in [5.41, 5.74) is 2.11. The van der Waals surface area contributed by atoms with Gasteiger partial charge in [0, 0.05) is 8.07 Å². The normalized spacial score (nSPS) is 31.4. The molecule has 1 aliphatic rings. The Labute approximate surface area is 112 Å². The monoisotopic (exact) mass is 262 g/mol. The average molecular weight is 262 g/mol. The van der Waals surface area contributed by atoms with Gasteiger partial charge in [-0.25, -0.2) is 0 Å². The zero-order valence-corrected chi connectivity index (χ0v) is 13.4. The molecule has 18 heavy (non-hydrogen) atoms. The molecule has 0 aliphatic heterocycles. The van der Waals surface area contributed by atoms with Crippen molar-refractivity contribution in [3.8, 4) is 0 Å². The van der Waals surface area contributed by atoms with Crippen LogP contribution < -0.4 is 0 Å². The van der Waals surface area contributed by atoms with E-state index in [9.17, 15) is 5.11 Å². The molecular weight excluding hydrogens is 236 g/mol. The van der Waals surface area contributed by atoms with E-state index < -0.39 is 13.7 Å². The Morgan fingerprint density at radius 3 is 2.22 bits per heavy atom. The molecule has 1 aliphatic carbocycles. The molecule has 0 saturated heterocycles. The maximum Gasteiger partial charge on any atom is 0.0905 e. The third kappa shape index (κ3) is 2.28. The molecule has 0 saturated carbocycles. The number of fused-ring (bicyclic) bond motifs is 1. The third-order valence-corrected chi connectivity index (χ3v) is 6.11. The van der Waals surface area contributed by atoms with Crippen LogP contribution in [-0.2, 0) is 11.0 Å². The fourth-order valence-corrected chi connectivity index (χ4v) is 6.55. The zero-order chi connectivity index (χ0) is 13.6. The fourth-order valence-electron chi connectivity index (χ4n) is 3.89. The minimum atomic E-state index is -1.15. The lowest BCUT2D eigenvalue weighted by Gasteiger charge is -2.33. The summed E-state index contributed by atoms with van der Waals surface area (Å²) < 4.78 is 0. The summed E-state index contributed by atoms with van der Waals surface area (Å²) in [6.45, 7) is 11.7. The van der Waals surface area contributed by atoms with E-state index in [1.54, 1.807) is 0 Å². The minimum Gasteiger partial charge on any atom is -0.385 e. The van der Waals surface area contributed by atoms with Crippen LogP contribution in [0.15, 0.2) is 24.3 Å². The highest BCUT2D eigenvalue weighted by atomic mass is 28.3. The van der Waals surface area contributed by atoms with E-state index >= 15 is 0 Å². The second-order valence-electron chi connectivity index (χ2n) is 7.41. The van der Waals surface area contributed by atoms with Crippen LogP contribution in [0.5, 0.6) is 0 Å². The van der Waals surface area contributed by atoms with Crippen molar-refractivity contribution < 1.29 is 5.11 Å². The summed E-state index contributed by atoms with van der Waals surface area (Å²) in [5.74, 6) is 0. The highest BCUT2D eigenvalue weighted by Gasteiger charge is 2.48. The molecule has 2 atom stereocenters. The molecule has 1 N–H and O–H groups in total. The van der Waals surface area contributed by atoms with Crippen molar-refractivity contribution in [3.63, 3.8) is 0 Å². The SMILES string of the molecule is CC[C@]1(O)C[C@](C)(C[Si](C)(C)C)c2ccccc21. The number of rotatable bonds is 3. The summed E-state index contributed by atoms with van der Waals surface area (Å²) in [7, 11) is -1.15. The summed E-state index contributed by atoms with van der Waals surface area (Å²) in [6.07, 6.45) is 1.70. The molecule has 0 amide bonds. The van der Waals surface area contributed by atoms with Gasteiger partial charge in [0.1, 0.15) is 0 Å². The molecule has 0 bridgehead atoms. The van der Waals surface area contributed by atoms with E-state index in [2.05, 4.69) is 57.8 Å². The number of hydrogen-bond donors (Lipinski definition) is 1. The van der Waals surface area contributed by atoms with Crippen LogP contribution in [0.3, 0.4) is 0 Å². The molecule has 2 rings (SSSR count). The van der Waals surface area contributed by atoms with E-state index in [0.717, 1.165) is 12.8 Å². The fraction of sp³-hybridized carbons (Fsp3) is 0.625. The maximum absolute atomic E-state index is 10.9. The topological polar surface area (TPSA) is 20.2 Å². The van der Waals surface area contributed by atoms with Crippen LogP contribution in [0.2, 0.25) is 25.7 Å². The number of hydrogen-bond acceptors (Lipinski definition) is 1. The van der Waals surface area contributed by atoms with Gasteiger partial charge in [0.2, 0.25) is 0 Å². The van der Waals surface area contributed by atoms with Crippen LogP contribution in [-0.4, -0.2) is 13.2 Å². The Kier molecular flexibility index (Phi) is 3.23. The van der Waals surface area contributed by atoms with E-state index in [1.807, 2.05) is 0 Å². The summed E-state index contributed by atoms with van der Waals surface area (Å²) in [4.78, 5) is 0. The molecule has 0 radical (unpaired) electrons. The van der Waals surface area contributed by atoms with E-state index in [0.29, 0.717) is 0 Å². The van der Waals surface area contributed by atoms with Crippen LogP contribution >= 0.6 is 0 Å². The van der Waals surface area contributed by atoms with Gasteiger partial charge < -0.3 is 5.11 Å². The van der Waals surface area contributed by atoms with Crippen LogP contribution in [0.1, 0.15) is 37.8 Å². The first kappa shape index (κ1) is 13.8. The average Bonchev–Trinajstić information content (AvgIpc) is 2.47. The van der Waals surface area contributed by atoms with Crippen LogP contribution in [0.25, 0.3) is 0 Å². The van der Waals surface area contributed by atoms with Gasteiger partial charge in [-0.3, -0.25) is 0 Å². The lowest BCUT2D eigenvalue weighted by molar-refractivity contribution is 0.0216. The Balaban J connectivity index is 2.49. The zero-order valence-electron chi connectivity index (χ0n) is 12.4. The lowest BCUT2D eigenvalue weighted by atomic mass is 9.84. The Bertz CT molecular complexity index is 449. The summed E-state index contributed by atoms with van der Waals surface area (Å²) >= 11 is 0. The number of benzene rings is 1. The maximum atomic E-state index is 10.9. The van der Waals surface area contributed by atoms with E-state index in [4.69, 9.17) is 0 Å². The van der Waals surface area contributed by atoms with Crippen molar-refractivity contribution >= 4 is 8.07 Å². The van der Waals surface area contributed by atoms with Crippen molar-refractivity contribution in [2.45, 2.75) is 63.4 Å². The largest absolute Gasteiger partial charge is 0.385 e. The van der Waals surface area contributed by atoms with Gasteiger partial charge >= 0.3 is 0 Å². The van der Waals surface area contributed by atoms with Gasteiger partial charge in [0.25, 0.3) is 0 Å². The molecule has 1 nitrogen and oxygen atoms in total. The third-order valence-electron chi connectivity index (χ3n) is 4.27. The van der Waals surface area contributed by atoms with Gasteiger partial charge in [-0.2, -0.15) is 0 Å². The lowest BCUT2D eigenvalue weighted by Crippen LogP contribution is -2.34. The Morgan fingerprint density at radius 2 is 1.72 bits per heavy atom. The summed E-state index contributed by atoms with van der Waals surface area (Å²) in [5, 5.41) is 10.9. The minimum absolute atomic E-state index is 0.159. The van der Waals surface area contributed by atoms with Crippen molar-refractivity contribution in [1.82, 2.24) is 0 Å². The molecule has 1 aromatic carbocycles. The first-order valence-electron chi connectivity index (χ1n) is 7.03. The predicted octanol–water partition coefficient (Wildman–Crippen LogP) is 4.28. The van der Waals surface area contributed by atoms with E-state index in [1.165, 1.54) is 17.2 Å². The molecule has 0 spiro atoms. The molecular formula is C16H26OSi. The van der Waals surface area contributed by atoms with Gasteiger partial charge in [0.15, 0.2) is 0 Å². The molecule has 2 heteroatoms. The summed E-state index contributed by atoms with van der Waals surface area (Å²) in [6, 6.07) is 9.76. The second-order valence-corrected chi connectivity index (χ2v) is 12.9. The van der Waals surface area contributed by atoms with Crippen molar-refractivity contribution in [2.24, 2.45) is 0 Å². The van der Waals surface area contributed by atoms with Gasteiger partial charge in [0.05, 0.1) is 5.60 Å². The molecule has 1 aromatic rings. The van der Waals surface area contributed by atoms with Gasteiger partial charge in [-0.05, 0) is 35.4 Å². The van der Waals surface area contributed by atoms with Crippen molar-refractivity contribution in [1.29, 1.82) is 0 Å². The molecule has 0 unspecified atom stereocenters. The van der Waals surface area contributed by atoms with Gasteiger partial charge in [-0.15, -0.1) is 0 Å². The van der Waals surface area contributed by atoms with E-state index in [-0.39, 0.29) is 5.41 Å². The van der Waals surface area contributed by atoms with Crippen LogP contribution in [0.4, 0.5) is 0 Å². The standard InChI is InChI=1S/C16H26OSi/c1-6-16(17)11-15(2,12-18(3,4)5)13-9-7-8-10-14(13)16/h7-10,17H,6,11-12H2,1-5H3/t15-,16+/m1/s1. The Morgan fingerprint density at radius 1 is 1.17 bits per heavy atom. The highest BCUT2D eigenvalue weighted by Crippen LogP contribution is 2.53. The van der Waals surface area contributed by atoms with Crippen LogP contribution in [0, 0.1) is 0 Å².